The Kier molecular flexibility index (Phi) is 5.05. The lowest BCUT2D eigenvalue weighted by Crippen LogP contribution is -2.29. The predicted octanol–water partition coefficient (Wildman–Crippen LogP) is 4.64. The van der Waals surface area contributed by atoms with Gasteiger partial charge in [-0.3, -0.25) is 19.5 Å². The number of halogens is 3. The van der Waals surface area contributed by atoms with Crippen molar-refractivity contribution in [1.82, 2.24) is 4.98 Å². The summed E-state index contributed by atoms with van der Waals surface area (Å²) in [6.07, 6.45) is 2.97. The minimum Gasteiger partial charge on any atom is -0.507 e. The quantitative estimate of drug-likeness (QED) is 0.376. The summed E-state index contributed by atoms with van der Waals surface area (Å²) in [6.45, 7) is 0. The molecule has 2 aromatic carbocycles. The molecule has 0 spiro atoms. The standard InChI is InChI=1S/C22H13ClF2N2O3/c23-16-10-15(7-8-17(16)25)27-19(13-2-1-9-26-11-13)18(21(29)22(27)30)20(28)12-3-5-14(24)6-4-12/h1-11,19,28H/b20-18+. The molecule has 1 atom stereocenters. The minimum absolute atomic E-state index is 0.167. The molecule has 1 fully saturated rings. The molecule has 1 unspecified atom stereocenters. The Bertz CT molecular complexity index is 1180. The van der Waals surface area contributed by atoms with Gasteiger partial charge in [-0.15, -0.1) is 0 Å². The number of aromatic nitrogens is 1. The van der Waals surface area contributed by atoms with Gasteiger partial charge in [0, 0.05) is 23.6 Å². The van der Waals surface area contributed by atoms with Gasteiger partial charge in [-0.1, -0.05) is 17.7 Å². The van der Waals surface area contributed by atoms with Crippen LogP contribution in [-0.2, 0) is 9.59 Å². The van der Waals surface area contributed by atoms with Crippen molar-refractivity contribution >= 4 is 34.7 Å². The Labute approximate surface area is 174 Å². The molecular formula is C22H13ClF2N2O3. The zero-order chi connectivity index (χ0) is 21.4. The summed E-state index contributed by atoms with van der Waals surface area (Å²) in [5.74, 6) is -3.52. The first-order valence-electron chi connectivity index (χ1n) is 8.80. The molecule has 0 saturated carbocycles. The van der Waals surface area contributed by atoms with Gasteiger partial charge < -0.3 is 5.11 Å². The van der Waals surface area contributed by atoms with Crippen molar-refractivity contribution < 1.29 is 23.5 Å². The molecule has 0 aliphatic carbocycles. The second kappa shape index (κ2) is 7.68. The van der Waals surface area contributed by atoms with E-state index in [1.54, 1.807) is 12.1 Å². The van der Waals surface area contributed by atoms with E-state index in [2.05, 4.69) is 4.98 Å². The number of carbonyl (C=O) groups excluding carboxylic acids is 2. The largest absolute Gasteiger partial charge is 0.507 e. The van der Waals surface area contributed by atoms with Crippen LogP contribution in [0.2, 0.25) is 5.02 Å². The molecule has 1 saturated heterocycles. The van der Waals surface area contributed by atoms with E-state index in [9.17, 15) is 23.5 Å². The number of aliphatic hydroxyl groups is 1. The number of aliphatic hydroxyl groups excluding tert-OH is 1. The number of anilines is 1. The van der Waals surface area contributed by atoms with Crippen LogP contribution in [0, 0.1) is 11.6 Å². The average molecular weight is 427 g/mol. The Morgan fingerprint density at radius 3 is 2.43 bits per heavy atom. The maximum Gasteiger partial charge on any atom is 0.300 e. The first-order valence-corrected chi connectivity index (χ1v) is 9.18. The van der Waals surface area contributed by atoms with Crippen LogP contribution in [0.25, 0.3) is 5.76 Å². The monoisotopic (exact) mass is 426 g/mol. The van der Waals surface area contributed by atoms with Crippen LogP contribution in [0.5, 0.6) is 0 Å². The number of Topliss-reactive ketones (excluding diaryl/α,β-unsaturated/α-hetero) is 1. The molecule has 1 aliphatic rings. The lowest BCUT2D eigenvalue weighted by atomic mass is 9.96. The summed E-state index contributed by atoms with van der Waals surface area (Å²) in [4.78, 5) is 30.9. The SMILES string of the molecule is O=C1C(=O)N(c2ccc(F)c(Cl)c2)C(c2cccnc2)/C1=C(\O)c1ccc(F)cc1. The fourth-order valence-corrected chi connectivity index (χ4v) is 3.52. The molecule has 30 heavy (non-hydrogen) atoms. The van der Waals surface area contributed by atoms with Crippen molar-refractivity contribution in [2.75, 3.05) is 4.90 Å². The maximum absolute atomic E-state index is 13.6. The van der Waals surface area contributed by atoms with Gasteiger partial charge in [-0.05, 0) is 54.1 Å². The first kappa shape index (κ1) is 19.7. The van der Waals surface area contributed by atoms with Gasteiger partial charge in [0.15, 0.2) is 0 Å². The fraction of sp³-hybridized carbons (Fsp3) is 0.0455. The second-order valence-corrected chi connectivity index (χ2v) is 6.97. The molecule has 3 aromatic rings. The number of ketones is 1. The Hall–Kier alpha value is -3.58. The van der Waals surface area contributed by atoms with Crippen molar-refractivity contribution in [3.63, 3.8) is 0 Å². The molecule has 0 bridgehead atoms. The summed E-state index contributed by atoms with van der Waals surface area (Å²) in [6, 6.07) is 10.7. The third kappa shape index (κ3) is 3.33. The lowest BCUT2D eigenvalue weighted by molar-refractivity contribution is -0.132. The average Bonchev–Trinajstić information content (AvgIpc) is 3.01. The molecule has 150 valence electrons. The highest BCUT2D eigenvalue weighted by Gasteiger charge is 2.47. The summed E-state index contributed by atoms with van der Waals surface area (Å²) in [5, 5.41) is 10.6. The predicted molar refractivity (Wildman–Crippen MR) is 107 cm³/mol. The zero-order valence-electron chi connectivity index (χ0n) is 15.2. The fourth-order valence-electron chi connectivity index (χ4n) is 3.35. The molecule has 8 heteroatoms. The van der Waals surface area contributed by atoms with Gasteiger partial charge >= 0.3 is 0 Å². The third-order valence-corrected chi connectivity index (χ3v) is 5.03. The van der Waals surface area contributed by atoms with Crippen molar-refractivity contribution in [2.24, 2.45) is 0 Å². The number of pyridine rings is 1. The van der Waals surface area contributed by atoms with Crippen LogP contribution in [0.4, 0.5) is 14.5 Å². The summed E-state index contributed by atoms with van der Waals surface area (Å²) < 4.78 is 26.9. The molecule has 1 aliphatic heterocycles. The Morgan fingerprint density at radius 2 is 1.80 bits per heavy atom. The molecule has 1 aromatic heterocycles. The van der Waals surface area contributed by atoms with Crippen LogP contribution < -0.4 is 4.90 Å². The van der Waals surface area contributed by atoms with E-state index in [0.717, 1.165) is 23.1 Å². The summed E-state index contributed by atoms with van der Waals surface area (Å²) in [5.41, 5.74) is 0.594. The highest BCUT2D eigenvalue weighted by molar-refractivity contribution is 6.51. The molecule has 2 heterocycles. The van der Waals surface area contributed by atoms with Crippen molar-refractivity contribution in [3.05, 3.63) is 100 Å². The lowest BCUT2D eigenvalue weighted by Gasteiger charge is -2.25. The third-order valence-electron chi connectivity index (χ3n) is 4.74. The van der Waals surface area contributed by atoms with Crippen LogP contribution in [0.3, 0.4) is 0 Å². The Balaban J connectivity index is 1.94. The van der Waals surface area contributed by atoms with Crippen molar-refractivity contribution in [3.8, 4) is 0 Å². The number of amides is 1. The smallest absolute Gasteiger partial charge is 0.300 e. The summed E-state index contributed by atoms with van der Waals surface area (Å²) in [7, 11) is 0. The number of nitrogens with zero attached hydrogens (tertiary/aromatic N) is 2. The van der Waals surface area contributed by atoms with Crippen LogP contribution in [-0.4, -0.2) is 21.8 Å². The maximum atomic E-state index is 13.6. The van der Waals surface area contributed by atoms with E-state index in [-0.39, 0.29) is 21.8 Å². The van der Waals surface area contributed by atoms with Crippen molar-refractivity contribution in [2.45, 2.75) is 6.04 Å². The van der Waals surface area contributed by atoms with Gasteiger partial charge in [0.2, 0.25) is 0 Å². The van der Waals surface area contributed by atoms with E-state index in [1.807, 2.05) is 0 Å². The number of hydrogen-bond donors (Lipinski definition) is 1. The topological polar surface area (TPSA) is 70.5 Å². The number of hydrogen-bond acceptors (Lipinski definition) is 4. The van der Waals surface area contributed by atoms with Crippen LogP contribution in [0.1, 0.15) is 17.2 Å². The number of carbonyl (C=O) groups is 2. The van der Waals surface area contributed by atoms with Gasteiger partial charge in [0.1, 0.15) is 17.4 Å². The highest BCUT2D eigenvalue weighted by Crippen LogP contribution is 2.42. The normalized spacial score (nSPS) is 18.1. The summed E-state index contributed by atoms with van der Waals surface area (Å²) >= 11 is 5.87. The molecular weight excluding hydrogens is 414 g/mol. The number of benzene rings is 2. The first-order chi connectivity index (χ1) is 14.4. The molecule has 4 rings (SSSR count). The molecule has 5 nitrogen and oxygen atoms in total. The Morgan fingerprint density at radius 1 is 1.07 bits per heavy atom. The van der Waals surface area contributed by atoms with Crippen molar-refractivity contribution in [1.29, 1.82) is 0 Å². The molecule has 1 N–H and O–H groups in total. The number of rotatable bonds is 3. The van der Waals surface area contributed by atoms with E-state index >= 15 is 0 Å². The van der Waals surface area contributed by atoms with Gasteiger partial charge in [-0.2, -0.15) is 0 Å². The van der Waals surface area contributed by atoms with Gasteiger partial charge in [-0.25, -0.2) is 8.78 Å². The minimum atomic E-state index is -1.04. The van der Waals surface area contributed by atoms with Gasteiger partial charge in [0.05, 0.1) is 16.6 Å². The molecule has 1 amide bonds. The molecule has 0 radical (unpaired) electrons. The highest BCUT2D eigenvalue weighted by atomic mass is 35.5. The second-order valence-electron chi connectivity index (χ2n) is 6.56. The van der Waals surface area contributed by atoms with E-state index < -0.39 is 35.1 Å². The zero-order valence-corrected chi connectivity index (χ0v) is 16.0. The van der Waals surface area contributed by atoms with E-state index in [4.69, 9.17) is 11.6 Å². The van der Waals surface area contributed by atoms with E-state index in [1.165, 1.54) is 36.7 Å². The van der Waals surface area contributed by atoms with Gasteiger partial charge in [0.25, 0.3) is 11.7 Å². The van der Waals surface area contributed by atoms with E-state index in [0.29, 0.717) is 5.56 Å². The van der Waals surface area contributed by atoms with Crippen LogP contribution in [0.15, 0.2) is 72.6 Å². The van der Waals surface area contributed by atoms with Crippen LogP contribution >= 0.6 is 11.6 Å².